The number of anilines is 2. The highest BCUT2D eigenvalue weighted by molar-refractivity contribution is 6.17. The van der Waals surface area contributed by atoms with Crippen LogP contribution in [0, 0.1) is 6.92 Å². The number of nitrogens with one attached hydrogen (secondary N) is 1. The number of hydrogen-bond acceptors (Lipinski definition) is 1. The fraction of sp³-hybridized carbons (Fsp3) is 0.0455. The standard InChI is InChI=1S/C22H18N2O/c1-16-11-13-18(14-12-16)24(17-7-3-2-4-8-17)22(25)20-15-23-21-10-6-5-9-19(20)21/h2-15,23H,1H3. The fourth-order valence-corrected chi connectivity index (χ4v) is 3.02. The molecule has 1 amide bonds. The maximum atomic E-state index is 13.4. The van der Waals surface area contributed by atoms with Crippen molar-refractivity contribution in [3.05, 3.63) is 96.2 Å². The van der Waals surface area contributed by atoms with E-state index in [0.29, 0.717) is 5.56 Å². The third-order valence-corrected chi connectivity index (χ3v) is 4.33. The summed E-state index contributed by atoms with van der Waals surface area (Å²) in [6.45, 7) is 2.04. The number of amides is 1. The number of carbonyl (C=O) groups excluding carboxylic acids is 1. The quantitative estimate of drug-likeness (QED) is 0.533. The second-order valence-corrected chi connectivity index (χ2v) is 6.06. The number of aryl methyl sites for hydroxylation is 1. The Labute approximate surface area is 146 Å². The van der Waals surface area contributed by atoms with Gasteiger partial charge in [-0.3, -0.25) is 9.69 Å². The summed E-state index contributed by atoms with van der Waals surface area (Å²) in [7, 11) is 0. The topological polar surface area (TPSA) is 36.1 Å². The molecule has 0 radical (unpaired) electrons. The Kier molecular flexibility index (Phi) is 3.82. The van der Waals surface area contributed by atoms with Crippen molar-refractivity contribution in [1.29, 1.82) is 0 Å². The molecule has 0 aliphatic rings. The summed E-state index contributed by atoms with van der Waals surface area (Å²) in [6.07, 6.45) is 1.79. The van der Waals surface area contributed by atoms with Crippen molar-refractivity contribution in [2.24, 2.45) is 0 Å². The van der Waals surface area contributed by atoms with E-state index in [2.05, 4.69) is 4.98 Å². The van der Waals surface area contributed by atoms with Crippen molar-refractivity contribution in [2.75, 3.05) is 4.90 Å². The van der Waals surface area contributed by atoms with Gasteiger partial charge in [-0.15, -0.1) is 0 Å². The van der Waals surface area contributed by atoms with Crippen molar-refractivity contribution in [2.45, 2.75) is 6.92 Å². The number of H-pyrrole nitrogens is 1. The van der Waals surface area contributed by atoms with Crippen molar-refractivity contribution in [1.82, 2.24) is 4.98 Å². The lowest BCUT2D eigenvalue weighted by atomic mass is 10.1. The smallest absolute Gasteiger partial charge is 0.264 e. The van der Waals surface area contributed by atoms with Gasteiger partial charge in [0, 0.05) is 28.5 Å². The largest absolute Gasteiger partial charge is 0.360 e. The van der Waals surface area contributed by atoms with E-state index in [1.54, 1.807) is 11.1 Å². The number of para-hydroxylation sites is 2. The van der Waals surface area contributed by atoms with Crippen molar-refractivity contribution >= 4 is 28.2 Å². The molecular formula is C22H18N2O. The maximum absolute atomic E-state index is 13.4. The van der Waals surface area contributed by atoms with Crippen molar-refractivity contribution in [3.63, 3.8) is 0 Å². The number of hydrogen-bond donors (Lipinski definition) is 1. The van der Waals surface area contributed by atoms with Crippen LogP contribution in [0.3, 0.4) is 0 Å². The van der Waals surface area contributed by atoms with Gasteiger partial charge in [0.1, 0.15) is 0 Å². The highest BCUT2D eigenvalue weighted by Gasteiger charge is 2.22. The maximum Gasteiger partial charge on any atom is 0.264 e. The highest BCUT2D eigenvalue weighted by atomic mass is 16.2. The van der Waals surface area contributed by atoms with Gasteiger partial charge in [0.2, 0.25) is 0 Å². The van der Waals surface area contributed by atoms with Crippen LogP contribution in [0.2, 0.25) is 0 Å². The van der Waals surface area contributed by atoms with Crippen LogP contribution < -0.4 is 4.90 Å². The van der Waals surface area contributed by atoms with Gasteiger partial charge in [-0.25, -0.2) is 0 Å². The van der Waals surface area contributed by atoms with Gasteiger partial charge in [-0.2, -0.15) is 0 Å². The fourth-order valence-electron chi connectivity index (χ4n) is 3.02. The summed E-state index contributed by atoms with van der Waals surface area (Å²) in [4.78, 5) is 18.4. The van der Waals surface area contributed by atoms with Crippen LogP contribution in [-0.2, 0) is 0 Å². The average molecular weight is 326 g/mol. The molecule has 25 heavy (non-hydrogen) atoms. The molecule has 0 aliphatic heterocycles. The van der Waals surface area contributed by atoms with E-state index in [9.17, 15) is 4.79 Å². The first kappa shape index (κ1) is 15.2. The summed E-state index contributed by atoms with van der Waals surface area (Å²) in [6, 6.07) is 25.6. The molecule has 3 nitrogen and oxygen atoms in total. The third-order valence-electron chi connectivity index (χ3n) is 4.33. The van der Waals surface area contributed by atoms with Gasteiger partial charge in [0.15, 0.2) is 0 Å². The van der Waals surface area contributed by atoms with Gasteiger partial charge < -0.3 is 4.98 Å². The molecule has 0 saturated carbocycles. The zero-order chi connectivity index (χ0) is 17.2. The van der Waals surface area contributed by atoms with Gasteiger partial charge in [0.25, 0.3) is 5.91 Å². The van der Waals surface area contributed by atoms with Crippen LogP contribution in [0.1, 0.15) is 15.9 Å². The SMILES string of the molecule is Cc1ccc(N(C(=O)c2c[nH]c3ccccc23)c2ccccc2)cc1. The number of aromatic nitrogens is 1. The lowest BCUT2D eigenvalue weighted by Crippen LogP contribution is -2.25. The molecule has 1 N–H and O–H groups in total. The number of rotatable bonds is 3. The molecule has 0 fully saturated rings. The molecule has 3 heteroatoms. The van der Waals surface area contributed by atoms with E-state index in [0.717, 1.165) is 27.8 Å². The summed E-state index contributed by atoms with van der Waals surface area (Å²) in [5, 5.41) is 0.931. The molecule has 4 aromatic rings. The number of fused-ring (bicyclic) bond motifs is 1. The van der Waals surface area contributed by atoms with Gasteiger partial charge in [-0.05, 0) is 37.3 Å². The Morgan fingerprint density at radius 1 is 0.800 bits per heavy atom. The second-order valence-electron chi connectivity index (χ2n) is 6.06. The van der Waals surface area contributed by atoms with Gasteiger partial charge in [-0.1, -0.05) is 54.1 Å². The van der Waals surface area contributed by atoms with Crippen LogP contribution >= 0.6 is 0 Å². The Morgan fingerprint density at radius 2 is 1.44 bits per heavy atom. The predicted molar refractivity (Wildman–Crippen MR) is 102 cm³/mol. The van der Waals surface area contributed by atoms with Crippen LogP contribution in [0.25, 0.3) is 10.9 Å². The molecule has 0 unspecified atom stereocenters. The van der Waals surface area contributed by atoms with E-state index >= 15 is 0 Å². The Hall–Kier alpha value is -3.33. The summed E-state index contributed by atoms with van der Waals surface area (Å²) < 4.78 is 0. The normalized spacial score (nSPS) is 10.8. The van der Waals surface area contributed by atoms with Gasteiger partial charge >= 0.3 is 0 Å². The van der Waals surface area contributed by atoms with Gasteiger partial charge in [0.05, 0.1) is 5.56 Å². The second kappa shape index (κ2) is 6.29. The van der Waals surface area contributed by atoms with Crippen LogP contribution in [0.5, 0.6) is 0 Å². The number of benzene rings is 3. The van der Waals surface area contributed by atoms with E-state index < -0.39 is 0 Å². The monoisotopic (exact) mass is 326 g/mol. The average Bonchev–Trinajstić information content (AvgIpc) is 3.08. The Balaban J connectivity index is 1.85. The molecule has 0 spiro atoms. The zero-order valence-electron chi connectivity index (χ0n) is 13.9. The molecule has 1 aromatic heterocycles. The minimum absolute atomic E-state index is 0.0486. The van der Waals surface area contributed by atoms with E-state index in [4.69, 9.17) is 0 Å². The van der Waals surface area contributed by atoms with Crippen LogP contribution in [0.4, 0.5) is 11.4 Å². The number of aromatic amines is 1. The molecular weight excluding hydrogens is 308 g/mol. The third kappa shape index (κ3) is 2.81. The minimum atomic E-state index is -0.0486. The minimum Gasteiger partial charge on any atom is -0.360 e. The molecule has 0 aliphatic carbocycles. The molecule has 0 saturated heterocycles. The first-order valence-corrected chi connectivity index (χ1v) is 8.26. The first-order valence-electron chi connectivity index (χ1n) is 8.26. The molecule has 0 bridgehead atoms. The van der Waals surface area contributed by atoms with E-state index in [1.807, 2.05) is 85.8 Å². The lowest BCUT2D eigenvalue weighted by Gasteiger charge is -2.23. The first-order chi connectivity index (χ1) is 12.2. The Bertz CT molecular complexity index is 1020. The predicted octanol–water partition coefficient (Wildman–Crippen LogP) is 5.45. The summed E-state index contributed by atoms with van der Waals surface area (Å²) in [5.74, 6) is -0.0486. The number of nitrogens with zero attached hydrogens (tertiary/aromatic N) is 1. The summed E-state index contributed by atoms with van der Waals surface area (Å²) in [5.41, 5.74) is 4.49. The van der Waals surface area contributed by atoms with Crippen molar-refractivity contribution < 1.29 is 4.79 Å². The van der Waals surface area contributed by atoms with Crippen LogP contribution in [-0.4, -0.2) is 10.9 Å². The highest BCUT2D eigenvalue weighted by Crippen LogP contribution is 2.29. The molecule has 1 heterocycles. The summed E-state index contributed by atoms with van der Waals surface area (Å²) >= 11 is 0. The molecule has 3 aromatic carbocycles. The lowest BCUT2D eigenvalue weighted by molar-refractivity contribution is 0.100. The number of carbonyl (C=O) groups is 1. The van der Waals surface area contributed by atoms with Crippen LogP contribution in [0.15, 0.2) is 85.1 Å². The molecule has 4 rings (SSSR count). The van der Waals surface area contributed by atoms with E-state index in [1.165, 1.54) is 0 Å². The molecule has 0 atom stereocenters. The Morgan fingerprint density at radius 3 is 2.20 bits per heavy atom. The van der Waals surface area contributed by atoms with Crippen molar-refractivity contribution in [3.8, 4) is 0 Å². The van der Waals surface area contributed by atoms with E-state index in [-0.39, 0.29) is 5.91 Å². The molecule has 122 valence electrons. The zero-order valence-corrected chi connectivity index (χ0v) is 13.9.